The van der Waals surface area contributed by atoms with Gasteiger partial charge in [-0.05, 0) is 56.9 Å². The molecule has 0 spiro atoms. The summed E-state index contributed by atoms with van der Waals surface area (Å²) in [6.07, 6.45) is 6.89. The largest absolute Gasteiger partial charge is 0.393 e. The Labute approximate surface area is 200 Å². The molecule has 5 rings (SSSR count). The van der Waals surface area contributed by atoms with E-state index in [4.69, 9.17) is 0 Å². The maximum Gasteiger partial charge on any atom is 0.142 e. The van der Waals surface area contributed by atoms with Gasteiger partial charge in [0, 0.05) is 27.9 Å². The topological polar surface area (TPSA) is 103 Å². The summed E-state index contributed by atoms with van der Waals surface area (Å²) in [5.74, 6) is -0.485. The van der Waals surface area contributed by atoms with Crippen molar-refractivity contribution in [2.45, 2.75) is 54.7 Å². The molecule has 170 valence electrons. The monoisotopic (exact) mass is 472 g/mol. The van der Waals surface area contributed by atoms with E-state index in [1.54, 1.807) is 4.52 Å². The van der Waals surface area contributed by atoms with Crippen molar-refractivity contribution in [1.29, 1.82) is 10.5 Å². The van der Waals surface area contributed by atoms with E-state index in [0.29, 0.717) is 21.0 Å². The van der Waals surface area contributed by atoms with Gasteiger partial charge in [-0.25, -0.2) is 8.91 Å². The summed E-state index contributed by atoms with van der Waals surface area (Å²) >= 11 is 1.17. The van der Waals surface area contributed by atoms with E-state index in [2.05, 4.69) is 20.9 Å². The number of nitrogens with zero attached hydrogens (tertiary/aromatic N) is 6. The molecule has 0 unspecified atom stereocenters. The summed E-state index contributed by atoms with van der Waals surface area (Å²) in [6, 6.07) is 12.3. The first kappa shape index (κ1) is 22.1. The molecule has 1 aliphatic rings. The standard InChI is InChI=1S/C25H21FN6OS/c1-15-22(13-29-32(15)19-4-6-20(33)7-5-19)16-2-8-23-21(12-28)25(30-31(23)14-16)34-24-9-3-18(26)10-17(24)11-27/h2-3,8-10,13-14,19-20,33H,4-7H2,1H3. The van der Waals surface area contributed by atoms with Gasteiger partial charge in [-0.2, -0.15) is 20.7 Å². The van der Waals surface area contributed by atoms with E-state index < -0.39 is 5.82 Å². The molecule has 1 saturated carbocycles. The molecule has 7 nitrogen and oxygen atoms in total. The molecule has 0 amide bonds. The van der Waals surface area contributed by atoms with Crippen LogP contribution in [0.2, 0.25) is 0 Å². The van der Waals surface area contributed by atoms with E-state index in [-0.39, 0.29) is 17.7 Å². The third-order valence-electron chi connectivity index (χ3n) is 6.35. The van der Waals surface area contributed by atoms with Crippen LogP contribution < -0.4 is 0 Å². The summed E-state index contributed by atoms with van der Waals surface area (Å²) in [5, 5.41) is 38.6. The van der Waals surface area contributed by atoms with Crippen LogP contribution in [0, 0.1) is 35.4 Å². The fourth-order valence-electron chi connectivity index (χ4n) is 4.52. The molecule has 1 fully saturated rings. The highest BCUT2D eigenvalue weighted by Crippen LogP contribution is 2.35. The minimum Gasteiger partial charge on any atom is -0.393 e. The van der Waals surface area contributed by atoms with Gasteiger partial charge in [0.25, 0.3) is 0 Å². The smallest absolute Gasteiger partial charge is 0.142 e. The Balaban J connectivity index is 1.49. The number of aliphatic hydroxyl groups excluding tert-OH is 1. The molecule has 0 aliphatic heterocycles. The van der Waals surface area contributed by atoms with Crippen LogP contribution in [-0.2, 0) is 0 Å². The molecule has 34 heavy (non-hydrogen) atoms. The molecule has 3 heterocycles. The molecular weight excluding hydrogens is 451 g/mol. The van der Waals surface area contributed by atoms with Crippen molar-refractivity contribution in [3.8, 4) is 23.3 Å². The predicted molar refractivity (Wildman–Crippen MR) is 125 cm³/mol. The second-order valence-corrected chi connectivity index (χ2v) is 9.48. The van der Waals surface area contributed by atoms with E-state index >= 15 is 0 Å². The zero-order valence-electron chi connectivity index (χ0n) is 18.4. The summed E-state index contributed by atoms with van der Waals surface area (Å²) in [6.45, 7) is 2.04. The molecule has 0 saturated heterocycles. The number of pyridine rings is 1. The number of aromatic nitrogens is 4. The number of aliphatic hydroxyl groups is 1. The first-order chi connectivity index (χ1) is 16.5. The lowest BCUT2D eigenvalue weighted by Crippen LogP contribution is -2.22. The van der Waals surface area contributed by atoms with E-state index in [9.17, 15) is 20.0 Å². The number of benzene rings is 1. The van der Waals surface area contributed by atoms with Gasteiger partial charge in [-0.1, -0.05) is 17.8 Å². The van der Waals surface area contributed by atoms with Crippen molar-refractivity contribution < 1.29 is 9.50 Å². The highest BCUT2D eigenvalue weighted by Gasteiger charge is 2.24. The summed E-state index contributed by atoms with van der Waals surface area (Å²) in [7, 11) is 0. The fourth-order valence-corrected chi connectivity index (χ4v) is 5.46. The van der Waals surface area contributed by atoms with Gasteiger partial charge < -0.3 is 5.11 Å². The molecule has 0 bridgehead atoms. The Bertz CT molecular complexity index is 1470. The van der Waals surface area contributed by atoms with Crippen molar-refractivity contribution in [2.75, 3.05) is 0 Å². The van der Waals surface area contributed by atoms with Crippen LogP contribution in [0.25, 0.3) is 16.6 Å². The Morgan fingerprint density at radius 2 is 1.91 bits per heavy atom. The van der Waals surface area contributed by atoms with Crippen LogP contribution in [-0.4, -0.2) is 30.6 Å². The highest BCUT2D eigenvalue weighted by molar-refractivity contribution is 7.99. The van der Waals surface area contributed by atoms with Gasteiger partial charge >= 0.3 is 0 Å². The van der Waals surface area contributed by atoms with Gasteiger partial charge in [0.05, 0.1) is 29.4 Å². The number of hydrogen-bond donors (Lipinski definition) is 1. The third-order valence-corrected chi connectivity index (χ3v) is 7.40. The average Bonchev–Trinajstić information content (AvgIpc) is 3.39. The van der Waals surface area contributed by atoms with Gasteiger partial charge in [0.15, 0.2) is 0 Å². The molecular formula is C25H21FN6OS. The lowest BCUT2D eigenvalue weighted by Gasteiger charge is -2.26. The van der Waals surface area contributed by atoms with Crippen LogP contribution >= 0.6 is 11.8 Å². The van der Waals surface area contributed by atoms with Gasteiger partial charge in [0.2, 0.25) is 0 Å². The maximum absolute atomic E-state index is 13.5. The number of nitriles is 2. The zero-order valence-corrected chi connectivity index (χ0v) is 19.3. The van der Waals surface area contributed by atoms with Gasteiger partial charge in [0.1, 0.15) is 28.5 Å². The summed E-state index contributed by atoms with van der Waals surface area (Å²) in [4.78, 5) is 0.541. The highest BCUT2D eigenvalue weighted by atomic mass is 32.2. The molecule has 1 aliphatic carbocycles. The molecule has 4 aromatic rings. The Kier molecular flexibility index (Phi) is 5.82. The lowest BCUT2D eigenvalue weighted by atomic mass is 9.93. The molecule has 0 atom stereocenters. The average molecular weight is 473 g/mol. The molecule has 0 radical (unpaired) electrons. The quantitative estimate of drug-likeness (QED) is 0.448. The van der Waals surface area contributed by atoms with E-state index in [0.717, 1.165) is 42.5 Å². The van der Waals surface area contributed by atoms with E-state index in [1.807, 2.05) is 37.5 Å². The SMILES string of the molecule is Cc1c(-c2ccc3c(C#N)c(Sc4ccc(F)cc4C#N)nn3c2)cnn1C1CCC(O)CC1. The van der Waals surface area contributed by atoms with Crippen molar-refractivity contribution in [3.05, 3.63) is 65.4 Å². The van der Waals surface area contributed by atoms with Crippen molar-refractivity contribution >= 4 is 17.3 Å². The van der Waals surface area contributed by atoms with Crippen LogP contribution in [0.4, 0.5) is 4.39 Å². The summed E-state index contributed by atoms with van der Waals surface area (Å²) in [5.41, 5.74) is 4.22. The number of halogens is 1. The van der Waals surface area contributed by atoms with Crippen LogP contribution in [0.15, 0.2) is 52.6 Å². The summed E-state index contributed by atoms with van der Waals surface area (Å²) < 4.78 is 17.2. The van der Waals surface area contributed by atoms with Gasteiger partial charge in [-0.15, -0.1) is 0 Å². The van der Waals surface area contributed by atoms with Crippen LogP contribution in [0.1, 0.15) is 48.5 Å². The molecule has 1 aromatic carbocycles. The van der Waals surface area contributed by atoms with Crippen LogP contribution in [0.3, 0.4) is 0 Å². The lowest BCUT2D eigenvalue weighted by molar-refractivity contribution is 0.107. The Morgan fingerprint density at radius 1 is 1.12 bits per heavy atom. The number of hydrogen-bond acceptors (Lipinski definition) is 6. The second kappa shape index (κ2) is 8.94. The first-order valence-electron chi connectivity index (χ1n) is 11.0. The normalized spacial score (nSPS) is 18.0. The predicted octanol–water partition coefficient (Wildman–Crippen LogP) is 5.02. The molecule has 3 aromatic heterocycles. The van der Waals surface area contributed by atoms with Crippen molar-refractivity contribution in [3.63, 3.8) is 0 Å². The number of rotatable bonds is 4. The second-order valence-electron chi connectivity index (χ2n) is 8.44. The Morgan fingerprint density at radius 3 is 2.65 bits per heavy atom. The number of fused-ring (bicyclic) bond motifs is 1. The van der Waals surface area contributed by atoms with Crippen molar-refractivity contribution in [2.24, 2.45) is 0 Å². The zero-order chi connectivity index (χ0) is 23.8. The van der Waals surface area contributed by atoms with Crippen LogP contribution in [0.5, 0.6) is 0 Å². The first-order valence-corrected chi connectivity index (χ1v) is 11.8. The minimum absolute atomic E-state index is 0.199. The fraction of sp³-hybridized carbons (Fsp3) is 0.280. The molecule has 1 N–H and O–H groups in total. The molecule has 9 heteroatoms. The Hall–Kier alpha value is -3.66. The van der Waals surface area contributed by atoms with Crippen molar-refractivity contribution in [1.82, 2.24) is 19.4 Å². The van der Waals surface area contributed by atoms with E-state index in [1.165, 1.54) is 30.0 Å². The van der Waals surface area contributed by atoms with Gasteiger partial charge in [-0.3, -0.25) is 4.68 Å². The third kappa shape index (κ3) is 3.94. The minimum atomic E-state index is -0.485. The maximum atomic E-state index is 13.5.